The van der Waals surface area contributed by atoms with Crippen molar-refractivity contribution in [2.45, 2.75) is 10.6 Å². The number of nitrogens with zero attached hydrogens (tertiary/aromatic N) is 1. The van der Waals surface area contributed by atoms with Crippen LogP contribution in [0.4, 0.5) is 11.4 Å². The second kappa shape index (κ2) is 9.27. The van der Waals surface area contributed by atoms with E-state index in [9.17, 15) is 13.2 Å². The van der Waals surface area contributed by atoms with Crippen LogP contribution in [0, 0.1) is 11.3 Å². The Morgan fingerprint density at radius 1 is 1.12 bits per heavy atom. The van der Waals surface area contributed by atoms with Gasteiger partial charge in [0, 0.05) is 16.8 Å². The molecule has 2 rings (SSSR count). The van der Waals surface area contributed by atoms with Crippen molar-refractivity contribution in [2.24, 2.45) is 0 Å². The summed E-state index contributed by atoms with van der Waals surface area (Å²) in [4.78, 5) is 13.1. The average molecular weight is 390 g/mol. The van der Waals surface area contributed by atoms with Crippen LogP contribution in [0.25, 0.3) is 0 Å². The van der Waals surface area contributed by atoms with Crippen molar-refractivity contribution in [2.75, 3.05) is 29.2 Å². The van der Waals surface area contributed by atoms with Crippen LogP contribution in [0.1, 0.15) is 5.56 Å². The number of hydrogen-bond acceptors (Lipinski definition) is 6. The molecule has 1 amide bonds. The lowest BCUT2D eigenvalue weighted by molar-refractivity contribution is -0.114. The lowest BCUT2D eigenvalue weighted by Gasteiger charge is -2.13. The van der Waals surface area contributed by atoms with E-state index in [0.717, 1.165) is 4.90 Å². The van der Waals surface area contributed by atoms with Crippen molar-refractivity contribution < 1.29 is 13.2 Å². The molecule has 2 aromatic rings. The van der Waals surface area contributed by atoms with Crippen molar-refractivity contribution >= 4 is 38.9 Å². The standard InChI is InChI=1S/C18H19N3O3S2/c1-26(23,24)13-14-6-2-3-7-15(14)20-12-18(22)21-16-8-4-5-9-17(16)25-11-10-19/h2-9,20H,11-13H2,1H3,(H,21,22). The minimum Gasteiger partial charge on any atom is -0.376 e. The van der Waals surface area contributed by atoms with Crippen LogP contribution in [0.5, 0.6) is 0 Å². The molecule has 0 saturated heterocycles. The fourth-order valence-corrected chi connectivity index (χ4v) is 3.76. The summed E-state index contributed by atoms with van der Waals surface area (Å²) in [6.45, 7) is -0.00196. The summed E-state index contributed by atoms with van der Waals surface area (Å²) in [6.07, 6.45) is 1.17. The third-order valence-corrected chi connectivity index (χ3v) is 5.10. The van der Waals surface area contributed by atoms with E-state index in [0.29, 0.717) is 22.7 Å². The third-order valence-electron chi connectivity index (χ3n) is 3.33. The van der Waals surface area contributed by atoms with Gasteiger partial charge in [-0.2, -0.15) is 5.26 Å². The number of nitriles is 1. The van der Waals surface area contributed by atoms with Crippen molar-refractivity contribution in [3.63, 3.8) is 0 Å². The molecule has 0 bridgehead atoms. The molecule has 0 saturated carbocycles. The SMILES string of the molecule is CS(=O)(=O)Cc1ccccc1NCC(=O)Nc1ccccc1SCC#N. The minimum atomic E-state index is -3.17. The number of para-hydroxylation sites is 2. The predicted molar refractivity (Wildman–Crippen MR) is 105 cm³/mol. The molecule has 2 N–H and O–H groups in total. The van der Waals surface area contributed by atoms with Crippen molar-refractivity contribution in [1.82, 2.24) is 0 Å². The number of rotatable bonds is 8. The van der Waals surface area contributed by atoms with Gasteiger partial charge in [-0.25, -0.2) is 8.42 Å². The minimum absolute atomic E-state index is 0.00196. The molecular formula is C18H19N3O3S2. The molecule has 6 nitrogen and oxygen atoms in total. The van der Waals surface area contributed by atoms with E-state index >= 15 is 0 Å². The molecule has 2 aromatic carbocycles. The zero-order valence-electron chi connectivity index (χ0n) is 14.2. The van der Waals surface area contributed by atoms with E-state index in [2.05, 4.69) is 16.7 Å². The van der Waals surface area contributed by atoms with E-state index in [1.165, 1.54) is 18.0 Å². The average Bonchev–Trinajstić information content (AvgIpc) is 2.59. The smallest absolute Gasteiger partial charge is 0.243 e. The van der Waals surface area contributed by atoms with E-state index in [1.807, 2.05) is 12.1 Å². The van der Waals surface area contributed by atoms with Gasteiger partial charge in [-0.3, -0.25) is 4.79 Å². The third kappa shape index (κ3) is 6.43. The fourth-order valence-electron chi connectivity index (χ4n) is 2.28. The van der Waals surface area contributed by atoms with Crippen LogP contribution in [0.15, 0.2) is 53.4 Å². The normalized spacial score (nSPS) is 10.8. The highest BCUT2D eigenvalue weighted by Crippen LogP contribution is 2.26. The van der Waals surface area contributed by atoms with Gasteiger partial charge in [0.1, 0.15) is 0 Å². The number of carbonyl (C=O) groups is 1. The van der Waals surface area contributed by atoms with Crippen LogP contribution in [-0.4, -0.2) is 32.9 Å². The Hall–Kier alpha value is -2.50. The molecule has 0 aliphatic rings. The molecule has 0 atom stereocenters. The van der Waals surface area contributed by atoms with E-state index in [1.54, 1.807) is 36.4 Å². The molecule has 0 radical (unpaired) electrons. The number of benzene rings is 2. The molecule has 0 heterocycles. The van der Waals surface area contributed by atoms with Gasteiger partial charge in [-0.05, 0) is 23.8 Å². The molecule has 0 fully saturated rings. The number of thioether (sulfide) groups is 1. The molecule has 26 heavy (non-hydrogen) atoms. The van der Waals surface area contributed by atoms with Gasteiger partial charge in [0.15, 0.2) is 9.84 Å². The molecule has 0 aromatic heterocycles. The van der Waals surface area contributed by atoms with Crippen molar-refractivity contribution in [3.8, 4) is 6.07 Å². The predicted octanol–water partition coefficient (Wildman–Crippen LogP) is 2.90. The van der Waals surface area contributed by atoms with Crippen LogP contribution in [-0.2, 0) is 20.4 Å². The highest BCUT2D eigenvalue weighted by Gasteiger charge is 2.11. The number of hydrogen-bond donors (Lipinski definition) is 2. The summed E-state index contributed by atoms with van der Waals surface area (Å²) in [6, 6.07) is 16.3. The summed E-state index contributed by atoms with van der Waals surface area (Å²) in [5.41, 5.74) is 1.87. The maximum absolute atomic E-state index is 12.2. The molecule has 0 unspecified atom stereocenters. The zero-order chi connectivity index (χ0) is 19.0. The Kier molecular flexibility index (Phi) is 7.06. The second-order valence-electron chi connectivity index (χ2n) is 5.57. The van der Waals surface area contributed by atoms with Gasteiger partial charge in [-0.15, -0.1) is 11.8 Å². The summed E-state index contributed by atoms with van der Waals surface area (Å²) in [5.74, 6) is -0.0562. The van der Waals surface area contributed by atoms with Crippen LogP contribution < -0.4 is 10.6 Å². The first-order valence-electron chi connectivity index (χ1n) is 7.77. The zero-order valence-corrected chi connectivity index (χ0v) is 15.9. The first-order chi connectivity index (χ1) is 12.4. The van der Waals surface area contributed by atoms with Crippen molar-refractivity contribution in [3.05, 3.63) is 54.1 Å². The van der Waals surface area contributed by atoms with E-state index < -0.39 is 9.84 Å². The van der Waals surface area contributed by atoms with Gasteiger partial charge < -0.3 is 10.6 Å². The van der Waals surface area contributed by atoms with Gasteiger partial charge >= 0.3 is 0 Å². The topological polar surface area (TPSA) is 99.1 Å². The Labute approximate surface area is 157 Å². The summed E-state index contributed by atoms with van der Waals surface area (Å²) in [7, 11) is -3.17. The van der Waals surface area contributed by atoms with Crippen LogP contribution in [0.3, 0.4) is 0 Å². The van der Waals surface area contributed by atoms with E-state index in [-0.39, 0.29) is 18.2 Å². The molecule has 0 spiro atoms. The number of sulfone groups is 1. The van der Waals surface area contributed by atoms with Crippen molar-refractivity contribution in [1.29, 1.82) is 5.26 Å². The maximum Gasteiger partial charge on any atom is 0.243 e. The fraction of sp³-hybridized carbons (Fsp3) is 0.222. The van der Waals surface area contributed by atoms with Gasteiger partial charge in [0.05, 0.1) is 29.8 Å². The molecular weight excluding hydrogens is 370 g/mol. The number of anilines is 2. The van der Waals surface area contributed by atoms with Gasteiger partial charge in [0.25, 0.3) is 0 Å². The first-order valence-corrected chi connectivity index (χ1v) is 10.8. The number of amides is 1. The van der Waals surface area contributed by atoms with Crippen LogP contribution in [0.2, 0.25) is 0 Å². The summed E-state index contributed by atoms with van der Waals surface area (Å²) in [5, 5.41) is 14.5. The Bertz CT molecular complexity index is 921. The largest absolute Gasteiger partial charge is 0.376 e. The lowest BCUT2D eigenvalue weighted by Crippen LogP contribution is -2.22. The quantitative estimate of drug-likeness (QED) is 0.674. The van der Waals surface area contributed by atoms with Gasteiger partial charge in [-0.1, -0.05) is 30.3 Å². The molecule has 0 aliphatic carbocycles. The highest BCUT2D eigenvalue weighted by molar-refractivity contribution is 7.99. The lowest BCUT2D eigenvalue weighted by atomic mass is 10.2. The van der Waals surface area contributed by atoms with Gasteiger partial charge in [0.2, 0.25) is 5.91 Å². The second-order valence-corrected chi connectivity index (χ2v) is 8.73. The Balaban J connectivity index is 2.01. The molecule has 0 aliphatic heterocycles. The first kappa shape index (κ1) is 19.8. The van der Waals surface area contributed by atoms with E-state index in [4.69, 9.17) is 5.26 Å². The monoisotopic (exact) mass is 389 g/mol. The molecule has 136 valence electrons. The number of nitrogens with one attached hydrogen (secondary N) is 2. The summed E-state index contributed by atoms with van der Waals surface area (Å²) < 4.78 is 23.0. The Morgan fingerprint density at radius 2 is 1.77 bits per heavy atom. The highest BCUT2D eigenvalue weighted by atomic mass is 32.2. The maximum atomic E-state index is 12.2. The Morgan fingerprint density at radius 3 is 2.46 bits per heavy atom. The number of carbonyl (C=O) groups excluding carboxylic acids is 1. The summed E-state index contributed by atoms with van der Waals surface area (Å²) >= 11 is 1.35. The molecule has 8 heteroatoms. The van der Waals surface area contributed by atoms with Crippen LogP contribution >= 0.6 is 11.8 Å².